The number of ether oxygens (including phenoxy) is 1. The molecule has 2 atom stereocenters. The lowest BCUT2D eigenvalue weighted by Gasteiger charge is -2.29. The highest BCUT2D eigenvalue weighted by molar-refractivity contribution is 5.80. The van der Waals surface area contributed by atoms with Crippen molar-refractivity contribution in [3.8, 4) is 0 Å². The molecule has 2 heterocycles. The van der Waals surface area contributed by atoms with E-state index >= 15 is 0 Å². The molecule has 0 bridgehead atoms. The molecular formula is C17H29N5O2. The van der Waals surface area contributed by atoms with E-state index in [0.29, 0.717) is 36.4 Å². The summed E-state index contributed by atoms with van der Waals surface area (Å²) in [5.74, 6) is 3.29. The highest BCUT2D eigenvalue weighted by Crippen LogP contribution is 2.38. The molecule has 1 saturated heterocycles. The number of nitrogens with zero attached hydrogens (tertiary/aromatic N) is 3. The van der Waals surface area contributed by atoms with Gasteiger partial charge in [0.1, 0.15) is 6.54 Å². The van der Waals surface area contributed by atoms with Crippen molar-refractivity contribution in [2.45, 2.75) is 71.1 Å². The third kappa shape index (κ3) is 5.19. The summed E-state index contributed by atoms with van der Waals surface area (Å²) in [7, 11) is 0. The van der Waals surface area contributed by atoms with Crippen molar-refractivity contribution in [2.24, 2.45) is 10.9 Å². The van der Waals surface area contributed by atoms with E-state index in [1.165, 1.54) is 12.8 Å². The highest BCUT2D eigenvalue weighted by atomic mass is 16.5. The van der Waals surface area contributed by atoms with Crippen LogP contribution in [0, 0.1) is 5.92 Å². The molecule has 1 aromatic rings. The lowest BCUT2D eigenvalue weighted by atomic mass is 10.0. The van der Waals surface area contributed by atoms with Crippen LogP contribution in [-0.2, 0) is 11.3 Å². The summed E-state index contributed by atoms with van der Waals surface area (Å²) < 4.78 is 10.9. The normalized spacial score (nSPS) is 25.1. The Hall–Kier alpha value is -1.63. The Kier molecular flexibility index (Phi) is 5.71. The first-order valence-electron chi connectivity index (χ1n) is 9.09. The van der Waals surface area contributed by atoms with Crippen LogP contribution in [0.25, 0.3) is 0 Å². The predicted octanol–water partition coefficient (Wildman–Crippen LogP) is 2.21. The lowest BCUT2D eigenvalue weighted by Crippen LogP contribution is -2.47. The van der Waals surface area contributed by atoms with Gasteiger partial charge >= 0.3 is 0 Å². The Labute approximate surface area is 143 Å². The molecule has 24 heavy (non-hydrogen) atoms. The predicted molar refractivity (Wildman–Crippen MR) is 91.8 cm³/mol. The molecule has 7 heteroatoms. The fraction of sp³-hybridized carbons (Fsp3) is 0.824. The summed E-state index contributed by atoms with van der Waals surface area (Å²) in [6.45, 7) is 8.56. The lowest BCUT2D eigenvalue weighted by molar-refractivity contribution is 0.0165. The van der Waals surface area contributed by atoms with Crippen molar-refractivity contribution in [2.75, 3.05) is 13.2 Å². The van der Waals surface area contributed by atoms with E-state index in [2.05, 4.69) is 46.5 Å². The fourth-order valence-corrected chi connectivity index (χ4v) is 2.76. The Morgan fingerprint density at radius 2 is 2.17 bits per heavy atom. The molecule has 1 aliphatic carbocycles. The zero-order chi connectivity index (χ0) is 16.9. The Bertz CT molecular complexity index is 553. The molecule has 2 N–H and O–H groups in total. The third-order valence-corrected chi connectivity index (χ3v) is 4.30. The molecule has 134 valence electrons. The summed E-state index contributed by atoms with van der Waals surface area (Å²) in [4.78, 5) is 9.07. The first kappa shape index (κ1) is 17.2. The Morgan fingerprint density at radius 1 is 1.33 bits per heavy atom. The zero-order valence-electron chi connectivity index (χ0n) is 14.9. The molecule has 0 amide bonds. The van der Waals surface area contributed by atoms with Crippen LogP contribution in [0.3, 0.4) is 0 Å². The van der Waals surface area contributed by atoms with Gasteiger partial charge in [-0.2, -0.15) is 4.98 Å². The van der Waals surface area contributed by atoms with Gasteiger partial charge in [0.05, 0.1) is 6.10 Å². The summed E-state index contributed by atoms with van der Waals surface area (Å²) in [5.41, 5.74) is 0. The molecule has 0 aromatic carbocycles. The number of hydrogen-bond donors (Lipinski definition) is 2. The first-order valence-corrected chi connectivity index (χ1v) is 9.09. The van der Waals surface area contributed by atoms with Crippen molar-refractivity contribution < 1.29 is 9.26 Å². The van der Waals surface area contributed by atoms with Crippen LogP contribution in [-0.4, -0.2) is 41.4 Å². The van der Waals surface area contributed by atoms with Gasteiger partial charge in [-0.1, -0.05) is 19.0 Å². The number of aliphatic imine (C=N–C) groups is 1. The van der Waals surface area contributed by atoms with Crippen LogP contribution in [0.2, 0.25) is 0 Å². The standard InChI is InChI=1S/C17H29N5O2/c1-11(2)9-18-17(20-14-6-7-23-12(3)8-14)19-10-15-21-16(22-24-15)13-4-5-13/h11-14H,4-10H2,1-3H3,(H2,18,19,20)/t12-,14-/m1/s1. The minimum atomic E-state index is 0.291. The van der Waals surface area contributed by atoms with E-state index in [-0.39, 0.29) is 0 Å². The molecular weight excluding hydrogens is 306 g/mol. The van der Waals surface area contributed by atoms with E-state index in [4.69, 9.17) is 9.26 Å². The Balaban J connectivity index is 1.58. The maximum Gasteiger partial charge on any atom is 0.248 e. The molecule has 1 aromatic heterocycles. The summed E-state index contributed by atoms with van der Waals surface area (Å²) in [6.07, 6.45) is 4.63. The smallest absolute Gasteiger partial charge is 0.248 e. The second kappa shape index (κ2) is 7.96. The van der Waals surface area contributed by atoms with Crippen molar-refractivity contribution in [3.05, 3.63) is 11.7 Å². The topological polar surface area (TPSA) is 84.6 Å². The second-order valence-electron chi connectivity index (χ2n) is 7.31. The number of nitrogens with one attached hydrogen (secondary N) is 2. The van der Waals surface area contributed by atoms with Crippen molar-refractivity contribution in [1.29, 1.82) is 0 Å². The van der Waals surface area contributed by atoms with Gasteiger partial charge < -0.3 is 19.9 Å². The van der Waals surface area contributed by atoms with Gasteiger partial charge in [0.2, 0.25) is 5.89 Å². The number of aromatic nitrogens is 2. The number of guanidine groups is 1. The largest absolute Gasteiger partial charge is 0.378 e. The molecule has 1 aliphatic heterocycles. The van der Waals surface area contributed by atoms with Gasteiger partial charge in [-0.3, -0.25) is 0 Å². The minimum Gasteiger partial charge on any atom is -0.378 e. The van der Waals surface area contributed by atoms with Crippen LogP contribution in [0.4, 0.5) is 0 Å². The molecule has 2 aliphatic rings. The van der Waals surface area contributed by atoms with Gasteiger partial charge in [-0.15, -0.1) is 0 Å². The molecule has 0 spiro atoms. The first-order chi connectivity index (χ1) is 11.6. The molecule has 0 unspecified atom stereocenters. The van der Waals surface area contributed by atoms with Crippen molar-refractivity contribution >= 4 is 5.96 Å². The van der Waals surface area contributed by atoms with E-state index in [1.807, 2.05) is 0 Å². The summed E-state index contributed by atoms with van der Waals surface area (Å²) >= 11 is 0. The zero-order valence-corrected chi connectivity index (χ0v) is 14.9. The number of rotatable bonds is 6. The van der Waals surface area contributed by atoms with Crippen molar-refractivity contribution in [3.63, 3.8) is 0 Å². The second-order valence-corrected chi connectivity index (χ2v) is 7.31. The van der Waals surface area contributed by atoms with Crippen LogP contribution in [0.15, 0.2) is 9.52 Å². The van der Waals surface area contributed by atoms with E-state index < -0.39 is 0 Å². The van der Waals surface area contributed by atoms with Crippen molar-refractivity contribution in [1.82, 2.24) is 20.8 Å². The van der Waals surface area contributed by atoms with E-state index in [9.17, 15) is 0 Å². The fourth-order valence-electron chi connectivity index (χ4n) is 2.76. The molecule has 1 saturated carbocycles. The maximum absolute atomic E-state index is 5.61. The molecule has 2 fully saturated rings. The summed E-state index contributed by atoms with van der Waals surface area (Å²) in [6, 6.07) is 0.386. The van der Waals surface area contributed by atoms with Crippen LogP contribution in [0.5, 0.6) is 0 Å². The molecule has 3 rings (SSSR count). The van der Waals surface area contributed by atoms with Gasteiger partial charge in [-0.05, 0) is 38.5 Å². The van der Waals surface area contributed by atoms with Gasteiger partial charge in [-0.25, -0.2) is 4.99 Å². The van der Waals surface area contributed by atoms with E-state index in [1.54, 1.807) is 0 Å². The quantitative estimate of drug-likeness (QED) is 0.612. The SMILES string of the molecule is CC(C)CNC(=NCc1nc(C2CC2)no1)N[C@@H]1CCO[C@H](C)C1. The number of hydrogen-bond acceptors (Lipinski definition) is 5. The van der Waals surface area contributed by atoms with Gasteiger partial charge in [0.25, 0.3) is 0 Å². The minimum absolute atomic E-state index is 0.291. The van der Waals surface area contributed by atoms with Gasteiger partial charge in [0, 0.05) is 25.1 Å². The van der Waals surface area contributed by atoms with Crippen LogP contribution >= 0.6 is 0 Å². The highest BCUT2D eigenvalue weighted by Gasteiger charge is 2.28. The molecule has 0 radical (unpaired) electrons. The van der Waals surface area contributed by atoms with E-state index in [0.717, 1.165) is 37.8 Å². The average Bonchev–Trinajstić information content (AvgIpc) is 3.29. The maximum atomic E-state index is 5.61. The van der Waals surface area contributed by atoms with Crippen LogP contribution < -0.4 is 10.6 Å². The Morgan fingerprint density at radius 3 is 2.88 bits per heavy atom. The van der Waals surface area contributed by atoms with Gasteiger partial charge in [0.15, 0.2) is 11.8 Å². The summed E-state index contributed by atoms with van der Waals surface area (Å²) in [5, 5.41) is 11.0. The third-order valence-electron chi connectivity index (χ3n) is 4.30. The monoisotopic (exact) mass is 335 g/mol. The average molecular weight is 335 g/mol. The molecule has 7 nitrogen and oxygen atoms in total. The van der Waals surface area contributed by atoms with Crippen LogP contribution in [0.1, 0.15) is 64.1 Å².